The topological polar surface area (TPSA) is 108 Å². The van der Waals surface area contributed by atoms with Gasteiger partial charge in [-0.15, -0.1) is 0 Å². The molecule has 2 aromatic carbocycles. The van der Waals surface area contributed by atoms with Crippen LogP contribution in [0.3, 0.4) is 0 Å². The molecule has 1 saturated carbocycles. The monoisotopic (exact) mass is 585 g/mol. The summed E-state index contributed by atoms with van der Waals surface area (Å²) in [6, 6.07) is 15.5. The van der Waals surface area contributed by atoms with Crippen LogP contribution in [-0.4, -0.2) is 55.0 Å². The van der Waals surface area contributed by atoms with Gasteiger partial charge in [-0.1, -0.05) is 18.2 Å². The lowest BCUT2D eigenvalue weighted by Crippen LogP contribution is -2.53. The molecule has 222 valence electrons. The summed E-state index contributed by atoms with van der Waals surface area (Å²) in [5.41, 5.74) is 3.94. The van der Waals surface area contributed by atoms with Crippen molar-refractivity contribution in [3.8, 4) is 5.69 Å². The van der Waals surface area contributed by atoms with E-state index in [1.807, 2.05) is 43.5 Å². The Balaban J connectivity index is 1.14. The number of nitrogens with one attached hydrogen (secondary N) is 3. The molecule has 4 heterocycles. The number of likely N-dealkylation sites (tertiary alicyclic amines) is 1. The zero-order valence-electron chi connectivity index (χ0n) is 23.7. The number of benzene rings is 2. The Labute approximate surface area is 247 Å². The number of hydrogen-bond donors (Lipinski definition) is 3. The molecule has 0 spiro atoms. The molecular formula is C32H33F2N7O2. The maximum absolute atomic E-state index is 14.8. The number of amides is 2. The highest BCUT2D eigenvalue weighted by Crippen LogP contribution is 2.51. The number of carbonyl (C=O) groups excluding carboxylic acids is 2. The predicted octanol–water partition coefficient (Wildman–Crippen LogP) is 5.19. The first kappa shape index (κ1) is 27.3. The number of rotatable bonds is 5. The lowest BCUT2D eigenvalue weighted by molar-refractivity contribution is -0.146. The van der Waals surface area contributed by atoms with E-state index in [9.17, 15) is 18.4 Å². The van der Waals surface area contributed by atoms with Gasteiger partial charge in [0, 0.05) is 61.2 Å². The van der Waals surface area contributed by atoms with Crippen molar-refractivity contribution in [2.24, 2.45) is 11.8 Å². The van der Waals surface area contributed by atoms with E-state index in [4.69, 9.17) is 0 Å². The fourth-order valence-electron chi connectivity index (χ4n) is 7.05. The number of imidazole rings is 1. The van der Waals surface area contributed by atoms with Gasteiger partial charge in [0.05, 0.1) is 29.4 Å². The zero-order valence-corrected chi connectivity index (χ0v) is 23.7. The highest BCUT2D eigenvalue weighted by molar-refractivity contribution is 5.95. The summed E-state index contributed by atoms with van der Waals surface area (Å²) < 4.78 is 31.4. The van der Waals surface area contributed by atoms with E-state index in [0.29, 0.717) is 18.5 Å². The minimum atomic E-state index is -2.98. The molecule has 1 saturated heterocycles. The molecular weight excluding hydrogens is 552 g/mol. The van der Waals surface area contributed by atoms with Crippen LogP contribution >= 0.6 is 0 Å². The first-order valence-electron chi connectivity index (χ1n) is 14.7. The van der Waals surface area contributed by atoms with E-state index in [-0.39, 0.29) is 42.7 Å². The second kappa shape index (κ2) is 10.6. The number of aromatic nitrogens is 4. The van der Waals surface area contributed by atoms with E-state index in [1.165, 1.54) is 0 Å². The first-order valence-corrected chi connectivity index (χ1v) is 14.7. The molecule has 1 aliphatic carbocycles. The van der Waals surface area contributed by atoms with Crippen LogP contribution in [0.5, 0.6) is 0 Å². The standard InChI is InChI=1S/C32H33F2N7O2/c1-19-11-17-41(39-19)21-8-6-20(7-9-21)30(42)38-26-10-13-32(33,34)18-24(26)31(43)40-16-12-23-27(29-35-14-15-36-29)37-25-5-3-2-4-22(25)28(23)40/h2-9,11,14-15,17,23-24,26-28,37H,10,12-13,16,18H2,1H3,(H,35,36)(H,38,42)/t23-,24+,26-,27-,28+/m1/s1. The number of hydrogen-bond acceptors (Lipinski definition) is 5. The average Bonchev–Trinajstić information content (AvgIpc) is 3.79. The molecule has 7 rings (SSSR count). The minimum Gasteiger partial charge on any atom is -0.375 e. The number of nitrogens with zero attached hydrogens (tertiary/aromatic N) is 4. The second-order valence-electron chi connectivity index (χ2n) is 11.8. The summed E-state index contributed by atoms with van der Waals surface area (Å²) in [5.74, 6) is -3.95. The van der Waals surface area contributed by atoms with Crippen molar-refractivity contribution in [2.45, 2.75) is 56.7 Å². The van der Waals surface area contributed by atoms with Gasteiger partial charge in [0.2, 0.25) is 11.8 Å². The number of alkyl halides is 2. The summed E-state index contributed by atoms with van der Waals surface area (Å²) in [5, 5.41) is 10.9. The number of aromatic amines is 1. The molecule has 2 aliphatic heterocycles. The normalized spacial score (nSPS) is 25.8. The van der Waals surface area contributed by atoms with Gasteiger partial charge in [0.1, 0.15) is 5.82 Å². The van der Waals surface area contributed by atoms with Crippen LogP contribution in [-0.2, 0) is 4.79 Å². The second-order valence-corrected chi connectivity index (χ2v) is 11.8. The van der Waals surface area contributed by atoms with E-state index in [2.05, 4.69) is 25.7 Å². The van der Waals surface area contributed by atoms with Crippen LogP contribution < -0.4 is 10.6 Å². The van der Waals surface area contributed by atoms with Crippen molar-refractivity contribution in [1.82, 2.24) is 30.0 Å². The van der Waals surface area contributed by atoms with Gasteiger partial charge in [-0.2, -0.15) is 5.10 Å². The Bertz CT molecular complexity index is 1640. The molecule has 5 atom stereocenters. The van der Waals surface area contributed by atoms with Crippen LogP contribution in [0.1, 0.15) is 65.2 Å². The molecule has 2 fully saturated rings. The van der Waals surface area contributed by atoms with Crippen LogP contribution in [0.2, 0.25) is 0 Å². The highest BCUT2D eigenvalue weighted by atomic mass is 19.3. The molecule has 2 aromatic heterocycles. The summed E-state index contributed by atoms with van der Waals surface area (Å²) in [6.45, 7) is 2.34. The molecule has 0 unspecified atom stereocenters. The number of anilines is 1. The van der Waals surface area contributed by atoms with Gasteiger partial charge < -0.3 is 20.5 Å². The Morgan fingerprint density at radius 2 is 1.88 bits per heavy atom. The van der Waals surface area contributed by atoms with E-state index >= 15 is 0 Å². The van der Waals surface area contributed by atoms with Gasteiger partial charge in [-0.25, -0.2) is 18.4 Å². The van der Waals surface area contributed by atoms with Crippen LogP contribution in [0.4, 0.5) is 14.5 Å². The van der Waals surface area contributed by atoms with Crippen molar-refractivity contribution in [3.05, 3.63) is 95.8 Å². The van der Waals surface area contributed by atoms with Crippen molar-refractivity contribution >= 4 is 17.5 Å². The molecule has 3 N–H and O–H groups in total. The average molecular weight is 586 g/mol. The third kappa shape index (κ3) is 5.06. The van der Waals surface area contributed by atoms with Gasteiger partial charge in [-0.05, 0) is 61.7 Å². The number of carbonyl (C=O) groups is 2. The maximum Gasteiger partial charge on any atom is 0.251 e. The fraction of sp³-hybridized carbons (Fsp3) is 0.375. The first-order chi connectivity index (χ1) is 20.8. The lowest BCUT2D eigenvalue weighted by Gasteiger charge is -2.42. The van der Waals surface area contributed by atoms with Gasteiger partial charge >= 0.3 is 0 Å². The summed E-state index contributed by atoms with van der Waals surface area (Å²) in [7, 11) is 0. The molecule has 43 heavy (non-hydrogen) atoms. The van der Waals surface area contributed by atoms with E-state index in [1.54, 1.807) is 46.2 Å². The molecule has 3 aliphatic rings. The maximum atomic E-state index is 14.8. The van der Waals surface area contributed by atoms with Gasteiger partial charge in [-0.3, -0.25) is 9.59 Å². The molecule has 9 nitrogen and oxygen atoms in total. The minimum absolute atomic E-state index is 0.0132. The van der Waals surface area contributed by atoms with Crippen molar-refractivity contribution in [2.75, 3.05) is 11.9 Å². The van der Waals surface area contributed by atoms with Crippen LogP contribution in [0.25, 0.3) is 5.69 Å². The molecule has 2 amide bonds. The number of halogens is 2. The van der Waals surface area contributed by atoms with Gasteiger partial charge in [0.25, 0.3) is 5.91 Å². The molecule has 0 radical (unpaired) electrons. The zero-order chi connectivity index (χ0) is 29.7. The SMILES string of the molecule is Cc1ccn(-c2ccc(C(=O)N[C@@H]3CCC(F)(F)C[C@@H]3C(=O)N3CC[C@@H]4[C@H](c5ncc[nH]5)Nc5ccccc5[C@@H]43)cc2)n1. The number of para-hydroxylation sites is 1. The van der Waals surface area contributed by atoms with Crippen molar-refractivity contribution in [3.63, 3.8) is 0 Å². The third-order valence-corrected chi connectivity index (χ3v) is 9.14. The van der Waals surface area contributed by atoms with E-state index in [0.717, 1.165) is 28.5 Å². The summed E-state index contributed by atoms with van der Waals surface area (Å²) in [6.07, 6.45) is 5.06. The Hall–Kier alpha value is -4.54. The quantitative estimate of drug-likeness (QED) is 0.299. The Morgan fingerprint density at radius 1 is 1.07 bits per heavy atom. The molecule has 11 heteroatoms. The van der Waals surface area contributed by atoms with Crippen molar-refractivity contribution in [1.29, 1.82) is 0 Å². The predicted molar refractivity (Wildman–Crippen MR) is 156 cm³/mol. The largest absolute Gasteiger partial charge is 0.375 e. The van der Waals surface area contributed by atoms with E-state index < -0.39 is 24.3 Å². The molecule has 0 bridgehead atoms. The number of aryl methyl sites for hydroxylation is 1. The number of H-pyrrole nitrogens is 1. The lowest BCUT2D eigenvalue weighted by atomic mass is 9.79. The summed E-state index contributed by atoms with van der Waals surface area (Å²) >= 11 is 0. The summed E-state index contributed by atoms with van der Waals surface area (Å²) in [4.78, 5) is 37.0. The highest BCUT2D eigenvalue weighted by Gasteiger charge is 2.52. The van der Waals surface area contributed by atoms with Crippen LogP contribution in [0, 0.1) is 18.8 Å². The van der Waals surface area contributed by atoms with Crippen LogP contribution in [0.15, 0.2) is 73.2 Å². The molecule has 4 aromatic rings. The smallest absolute Gasteiger partial charge is 0.251 e. The Morgan fingerprint density at radius 3 is 2.63 bits per heavy atom. The number of fused-ring (bicyclic) bond motifs is 3. The van der Waals surface area contributed by atoms with Crippen molar-refractivity contribution < 1.29 is 18.4 Å². The van der Waals surface area contributed by atoms with Gasteiger partial charge in [0.15, 0.2) is 0 Å². The third-order valence-electron chi connectivity index (χ3n) is 9.14. The fourth-order valence-corrected chi connectivity index (χ4v) is 7.05. The Kier molecular flexibility index (Phi) is 6.75.